The summed E-state index contributed by atoms with van der Waals surface area (Å²) < 4.78 is 5.06. The molecule has 0 atom stereocenters. The number of benzene rings is 1. The molecule has 0 bridgehead atoms. The molecular formula is C12H19NO3. The zero-order valence-corrected chi connectivity index (χ0v) is 9.73. The lowest BCUT2D eigenvalue weighted by atomic mass is 10.0. The summed E-state index contributed by atoms with van der Waals surface area (Å²) in [5.74, 6) is 0.816. The van der Waals surface area contributed by atoms with Gasteiger partial charge in [0, 0.05) is 6.54 Å². The smallest absolute Gasteiger partial charge is 0.118 e. The molecular weight excluding hydrogens is 206 g/mol. The minimum atomic E-state index is -0.639. The Kier molecular flexibility index (Phi) is 4.73. The molecule has 4 heteroatoms. The fourth-order valence-corrected chi connectivity index (χ4v) is 1.22. The van der Waals surface area contributed by atoms with E-state index >= 15 is 0 Å². The summed E-state index contributed by atoms with van der Waals surface area (Å²) in [7, 11) is 1.63. The van der Waals surface area contributed by atoms with Gasteiger partial charge in [-0.05, 0) is 24.6 Å². The van der Waals surface area contributed by atoms with E-state index in [0.717, 1.165) is 11.3 Å². The number of ether oxygens (including phenoxy) is 1. The Morgan fingerprint density at radius 1 is 1.19 bits per heavy atom. The summed E-state index contributed by atoms with van der Waals surface area (Å²) >= 11 is 0. The summed E-state index contributed by atoms with van der Waals surface area (Å²) in [6.45, 7) is 2.18. The van der Waals surface area contributed by atoms with E-state index in [9.17, 15) is 0 Å². The molecule has 3 N–H and O–H groups in total. The first-order valence-electron chi connectivity index (χ1n) is 5.23. The third kappa shape index (κ3) is 3.48. The summed E-state index contributed by atoms with van der Waals surface area (Å²) in [5.41, 5.74) is 0.439. The van der Waals surface area contributed by atoms with Crippen molar-refractivity contribution in [3.63, 3.8) is 0 Å². The van der Waals surface area contributed by atoms with Crippen molar-refractivity contribution < 1.29 is 14.9 Å². The first-order chi connectivity index (χ1) is 7.63. The van der Waals surface area contributed by atoms with Crippen molar-refractivity contribution >= 4 is 0 Å². The van der Waals surface area contributed by atoms with Gasteiger partial charge in [-0.1, -0.05) is 12.1 Å². The molecule has 16 heavy (non-hydrogen) atoms. The third-order valence-corrected chi connectivity index (χ3v) is 2.58. The van der Waals surface area contributed by atoms with E-state index in [2.05, 4.69) is 5.32 Å². The minimum absolute atomic E-state index is 0.0976. The average Bonchev–Trinajstić information content (AvgIpc) is 2.36. The number of methoxy groups -OCH3 is 1. The van der Waals surface area contributed by atoms with Crippen LogP contribution in [0.5, 0.6) is 5.75 Å². The van der Waals surface area contributed by atoms with Gasteiger partial charge >= 0.3 is 0 Å². The number of aliphatic hydroxyl groups is 2. The van der Waals surface area contributed by atoms with Crippen molar-refractivity contribution in [3.05, 3.63) is 29.8 Å². The monoisotopic (exact) mass is 225 g/mol. The number of nitrogens with one attached hydrogen (secondary N) is 1. The quantitative estimate of drug-likeness (QED) is 0.661. The highest BCUT2D eigenvalue weighted by molar-refractivity contribution is 5.27. The van der Waals surface area contributed by atoms with Crippen LogP contribution in [0.4, 0.5) is 0 Å². The van der Waals surface area contributed by atoms with Crippen LogP contribution < -0.4 is 10.1 Å². The second-order valence-electron chi connectivity index (χ2n) is 4.08. The summed E-state index contributed by atoms with van der Waals surface area (Å²) in [4.78, 5) is 0. The lowest BCUT2D eigenvalue weighted by Gasteiger charge is -2.26. The van der Waals surface area contributed by atoms with E-state index in [4.69, 9.17) is 14.9 Å². The molecule has 0 aliphatic carbocycles. The van der Waals surface area contributed by atoms with Crippen molar-refractivity contribution in [2.45, 2.75) is 19.0 Å². The molecule has 0 aliphatic heterocycles. The average molecular weight is 225 g/mol. The van der Waals surface area contributed by atoms with Gasteiger partial charge in [0.1, 0.15) is 5.75 Å². The maximum atomic E-state index is 9.10. The summed E-state index contributed by atoms with van der Waals surface area (Å²) in [6, 6.07) is 7.65. The minimum Gasteiger partial charge on any atom is -0.497 e. The van der Waals surface area contributed by atoms with Crippen LogP contribution in [-0.2, 0) is 6.54 Å². The highest BCUT2D eigenvalue weighted by Crippen LogP contribution is 2.12. The first-order valence-corrected chi connectivity index (χ1v) is 5.23. The van der Waals surface area contributed by atoms with E-state index in [1.807, 2.05) is 24.3 Å². The second kappa shape index (κ2) is 5.84. The molecule has 4 nitrogen and oxygen atoms in total. The zero-order chi connectivity index (χ0) is 12.0. The fourth-order valence-electron chi connectivity index (χ4n) is 1.22. The first kappa shape index (κ1) is 13.0. The normalized spacial score (nSPS) is 11.5. The van der Waals surface area contributed by atoms with Crippen LogP contribution in [0.25, 0.3) is 0 Å². The Labute approximate surface area is 95.9 Å². The molecule has 1 aromatic rings. The van der Waals surface area contributed by atoms with Gasteiger partial charge < -0.3 is 20.3 Å². The Balaban J connectivity index is 2.54. The molecule has 0 aliphatic rings. The molecule has 0 spiro atoms. The molecule has 1 rings (SSSR count). The van der Waals surface area contributed by atoms with Crippen LogP contribution >= 0.6 is 0 Å². The van der Waals surface area contributed by atoms with Gasteiger partial charge in [0.25, 0.3) is 0 Å². The topological polar surface area (TPSA) is 61.7 Å². The predicted octanol–water partition coefficient (Wildman–Crippen LogP) is 0.528. The molecule has 0 unspecified atom stereocenters. The maximum absolute atomic E-state index is 9.10. The molecule has 0 aromatic heterocycles. The molecule has 0 fully saturated rings. The van der Waals surface area contributed by atoms with Crippen LogP contribution in [0.2, 0.25) is 0 Å². The highest BCUT2D eigenvalue weighted by atomic mass is 16.5. The Hall–Kier alpha value is -1.10. The fraction of sp³-hybridized carbons (Fsp3) is 0.500. The predicted molar refractivity (Wildman–Crippen MR) is 62.4 cm³/mol. The van der Waals surface area contributed by atoms with E-state index in [0.29, 0.717) is 6.54 Å². The molecule has 0 heterocycles. The van der Waals surface area contributed by atoms with Gasteiger partial charge in [-0.25, -0.2) is 0 Å². The van der Waals surface area contributed by atoms with E-state index in [-0.39, 0.29) is 13.2 Å². The van der Waals surface area contributed by atoms with E-state index in [1.165, 1.54) is 0 Å². The number of aliphatic hydroxyl groups excluding tert-OH is 2. The Bertz CT molecular complexity index is 307. The van der Waals surface area contributed by atoms with Crippen molar-refractivity contribution in [2.75, 3.05) is 20.3 Å². The van der Waals surface area contributed by atoms with Crippen molar-refractivity contribution in [2.24, 2.45) is 0 Å². The lowest BCUT2D eigenvalue weighted by Crippen LogP contribution is -2.48. The third-order valence-electron chi connectivity index (χ3n) is 2.58. The highest BCUT2D eigenvalue weighted by Gasteiger charge is 2.20. The Morgan fingerprint density at radius 2 is 1.75 bits per heavy atom. The molecule has 90 valence electrons. The van der Waals surface area contributed by atoms with Gasteiger partial charge in [-0.2, -0.15) is 0 Å². The van der Waals surface area contributed by atoms with Crippen LogP contribution in [0.3, 0.4) is 0 Å². The molecule has 0 saturated carbocycles. The lowest BCUT2D eigenvalue weighted by molar-refractivity contribution is 0.103. The summed E-state index contributed by atoms with van der Waals surface area (Å²) in [5, 5.41) is 21.3. The van der Waals surface area contributed by atoms with Gasteiger partial charge in [-0.15, -0.1) is 0 Å². The van der Waals surface area contributed by atoms with Crippen molar-refractivity contribution in [3.8, 4) is 5.75 Å². The van der Waals surface area contributed by atoms with Gasteiger partial charge in [0.15, 0.2) is 0 Å². The van der Waals surface area contributed by atoms with E-state index in [1.54, 1.807) is 14.0 Å². The second-order valence-corrected chi connectivity index (χ2v) is 4.08. The molecule has 0 radical (unpaired) electrons. The molecule has 0 saturated heterocycles. The van der Waals surface area contributed by atoms with Crippen LogP contribution in [0.15, 0.2) is 24.3 Å². The van der Waals surface area contributed by atoms with Crippen LogP contribution in [0.1, 0.15) is 12.5 Å². The van der Waals surface area contributed by atoms with Gasteiger partial charge in [0.05, 0.1) is 25.9 Å². The summed E-state index contributed by atoms with van der Waals surface area (Å²) in [6.07, 6.45) is 0. The number of hydrogen-bond donors (Lipinski definition) is 3. The molecule has 0 amide bonds. The maximum Gasteiger partial charge on any atom is 0.118 e. The van der Waals surface area contributed by atoms with Gasteiger partial charge in [0.2, 0.25) is 0 Å². The van der Waals surface area contributed by atoms with E-state index < -0.39 is 5.54 Å². The molecule has 1 aromatic carbocycles. The van der Waals surface area contributed by atoms with Crippen molar-refractivity contribution in [1.82, 2.24) is 5.32 Å². The number of hydrogen-bond acceptors (Lipinski definition) is 4. The SMILES string of the molecule is COc1ccc(CNC(C)(CO)CO)cc1. The van der Waals surface area contributed by atoms with Gasteiger partial charge in [-0.3, -0.25) is 0 Å². The largest absolute Gasteiger partial charge is 0.497 e. The Morgan fingerprint density at radius 3 is 2.19 bits per heavy atom. The number of rotatable bonds is 6. The standard InChI is InChI=1S/C12H19NO3/c1-12(8-14,9-15)13-7-10-3-5-11(16-2)6-4-10/h3-6,13-15H,7-9H2,1-2H3. The van der Waals surface area contributed by atoms with Crippen molar-refractivity contribution in [1.29, 1.82) is 0 Å². The van der Waals surface area contributed by atoms with Crippen LogP contribution in [0, 0.1) is 0 Å². The van der Waals surface area contributed by atoms with Crippen LogP contribution in [-0.4, -0.2) is 36.1 Å². The zero-order valence-electron chi connectivity index (χ0n) is 9.73.